The average Bonchev–Trinajstić information content (AvgIpc) is 2.98. The first-order valence-corrected chi connectivity index (χ1v) is 15.7. The van der Waals surface area contributed by atoms with Crippen molar-refractivity contribution >= 4 is 7.37 Å². The van der Waals surface area contributed by atoms with Crippen molar-refractivity contribution in [1.82, 2.24) is 5.32 Å². The molecular formula is C31H40NO6P. The lowest BCUT2D eigenvalue weighted by molar-refractivity contribution is 0.106. The Balaban J connectivity index is 1.10. The number of ether oxygens (including phenoxy) is 3. The van der Waals surface area contributed by atoms with Gasteiger partial charge in [0, 0.05) is 18.3 Å². The Morgan fingerprint density at radius 2 is 1.54 bits per heavy atom. The molecule has 0 aliphatic heterocycles. The second-order valence-corrected chi connectivity index (χ2v) is 12.6. The van der Waals surface area contributed by atoms with Crippen molar-refractivity contribution in [1.29, 1.82) is 0 Å². The van der Waals surface area contributed by atoms with E-state index in [0.717, 1.165) is 55.4 Å². The topological polar surface area (TPSA) is 97.3 Å². The Bertz CT molecular complexity index is 1170. The lowest BCUT2D eigenvalue weighted by atomic mass is 10.0. The molecule has 2 atom stereocenters. The zero-order valence-corrected chi connectivity index (χ0v) is 23.3. The van der Waals surface area contributed by atoms with Gasteiger partial charge in [-0.1, -0.05) is 67.8 Å². The van der Waals surface area contributed by atoms with Gasteiger partial charge in [-0.25, -0.2) is 0 Å². The van der Waals surface area contributed by atoms with Gasteiger partial charge in [-0.05, 0) is 61.2 Å². The monoisotopic (exact) mass is 553 g/mol. The minimum atomic E-state index is -3.29. The third-order valence-electron chi connectivity index (χ3n) is 6.95. The number of nitrogens with one attached hydrogen (secondary N) is 1. The Morgan fingerprint density at radius 3 is 2.28 bits per heavy atom. The fraction of sp³-hybridized carbons (Fsp3) is 0.419. The van der Waals surface area contributed by atoms with Crippen molar-refractivity contribution in [2.24, 2.45) is 0 Å². The van der Waals surface area contributed by atoms with Crippen LogP contribution in [0.3, 0.4) is 0 Å². The number of aliphatic hydroxyl groups excluding tert-OH is 1. The van der Waals surface area contributed by atoms with E-state index in [-0.39, 0.29) is 18.6 Å². The van der Waals surface area contributed by atoms with E-state index in [2.05, 4.69) is 5.32 Å². The van der Waals surface area contributed by atoms with E-state index in [1.807, 2.05) is 78.9 Å². The molecule has 1 aliphatic carbocycles. The van der Waals surface area contributed by atoms with Crippen LogP contribution < -0.4 is 19.5 Å². The fourth-order valence-electron chi connectivity index (χ4n) is 4.66. The molecule has 210 valence electrons. The van der Waals surface area contributed by atoms with Crippen LogP contribution in [-0.2, 0) is 17.6 Å². The zero-order valence-electron chi connectivity index (χ0n) is 22.4. The summed E-state index contributed by atoms with van der Waals surface area (Å²) < 4.78 is 29.9. The van der Waals surface area contributed by atoms with E-state index in [1.165, 1.54) is 0 Å². The largest absolute Gasteiger partial charge is 0.491 e. The fourth-order valence-corrected chi connectivity index (χ4v) is 6.37. The normalized spacial score (nSPS) is 16.3. The van der Waals surface area contributed by atoms with Gasteiger partial charge in [-0.2, -0.15) is 0 Å². The van der Waals surface area contributed by atoms with Crippen LogP contribution in [0.1, 0.15) is 43.2 Å². The van der Waals surface area contributed by atoms with Crippen LogP contribution in [0.5, 0.6) is 17.2 Å². The number of hydrogen-bond donors (Lipinski definition) is 3. The molecule has 0 bridgehead atoms. The minimum Gasteiger partial charge on any atom is -0.491 e. The molecule has 1 unspecified atom stereocenters. The number of benzene rings is 3. The molecular weight excluding hydrogens is 513 g/mol. The second-order valence-electron chi connectivity index (χ2n) is 10.1. The van der Waals surface area contributed by atoms with Crippen molar-refractivity contribution in [3.05, 3.63) is 90.0 Å². The third kappa shape index (κ3) is 10.0. The van der Waals surface area contributed by atoms with E-state index in [1.54, 1.807) is 0 Å². The lowest BCUT2D eigenvalue weighted by Gasteiger charge is -2.26. The predicted molar refractivity (Wildman–Crippen MR) is 154 cm³/mol. The third-order valence-corrected chi connectivity index (χ3v) is 9.11. The molecule has 0 radical (unpaired) electrons. The van der Waals surface area contributed by atoms with Crippen molar-refractivity contribution in [3.8, 4) is 17.2 Å². The highest BCUT2D eigenvalue weighted by atomic mass is 31.2. The molecule has 0 spiro atoms. The highest BCUT2D eigenvalue weighted by Gasteiger charge is 2.32. The van der Waals surface area contributed by atoms with Gasteiger partial charge >= 0.3 is 0 Å². The summed E-state index contributed by atoms with van der Waals surface area (Å²) in [5, 5.41) is 13.6. The highest BCUT2D eigenvalue weighted by Crippen LogP contribution is 2.51. The zero-order chi connectivity index (χ0) is 27.3. The van der Waals surface area contributed by atoms with Gasteiger partial charge in [0.2, 0.25) is 7.37 Å². The Kier molecular flexibility index (Phi) is 11.3. The number of rotatable bonds is 15. The minimum absolute atomic E-state index is 0.121. The molecule has 0 heterocycles. The number of aliphatic hydroxyl groups is 1. The molecule has 0 saturated heterocycles. The van der Waals surface area contributed by atoms with Crippen LogP contribution >= 0.6 is 7.37 Å². The Morgan fingerprint density at radius 1 is 0.821 bits per heavy atom. The first-order chi connectivity index (χ1) is 19.0. The molecule has 39 heavy (non-hydrogen) atoms. The smallest absolute Gasteiger partial charge is 0.239 e. The standard InChI is InChI=1S/C31H40NO6P/c33-27(23-37-30-11-7-10-29(20-30)36-22-26-8-3-1-4-9-26)21-32-19-18-25-14-16-28(17-15-25)38-24-39(34,35)31-12-5-2-6-13-31/h1,3-4,7-11,14-17,20,27,31-33H,2,5-6,12-13,18-19,21-24H2,(H,34,35)/t27-/m0/s1. The Labute approximate surface area is 231 Å². The van der Waals surface area contributed by atoms with Crippen LogP contribution in [0.25, 0.3) is 0 Å². The quantitative estimate of drug-likeness (QED) is 0.162. The van der Waals surface area contributed by atoms with Crippen molar-refractivity contribution in [3.63, 3.8) is 0 Å². The molecule has 8 heteroatoms. The molecule has 0 aromatic heterocycles. The van der Waals surface area contributed by atoms with Gasteiger partial charge in [0.1, 0.15) is 36.6 Å². The average molecular weight is 554 g/mol. The van der Waals surface area contributed by atoms with Crippen molar-refractivity contribution in [2.75, 3.05) is 26.0 Å². The van der Waals surface area contributed by atoms with E-state index in [9.17, 15) is 14.6 Å². The summed E-state index contributed by atoms with van der Waals surface area (Å²) in [4.78, 5) is 10.4. The van der Waals surface area contributed by atoms with E-state index in [0.29, 0.717) is 31.2 Å². The summed E-state index contributed by atoms with van der Waals surface area (Å²) in [6.07, 6.45) is 4.87. The second kappa shape index (κ2) is 15.1. The van der Waals surface area contributed by atoms with E-state index in [4.69, 9.17) is 14.2 Å². The van der Waals surface area contributed by atoms with Gasteiger partial charge < -0.3 is 29.5 Å². The molecule has 3 aromatic carbocycles. The van der Waals surface area contributed by atoms with Gasteiger partial charge in [-0.15, -0.1) is 0 Å². The van der Waals surface area contributed by atoms with Crippen molar-refractivity contribution in [2.45, 2.75) is 56.9 Å². The summed E-state index contributed by atoms with van der Waals surface area (Å²) in [6, 6.07) is 25.0. The van der Waals surface area contributed by atoms with Crippen LogP contribution in [0, 0.1) is 0 Å². The molecule has 7 nitrogen and oxygen atoms in total. The van der Waals surface area contributed by atoms with Gasteiger partial charge in [0.15, 0.2) is 6.35 Å². The molecule has 3 aromatic rings. The summed E-state index contributed by atoms with van der Waals surface area (Å²) in [5.74, 6) is 1.98. The van der Waals surface area contributed by atoms with Crippen molar-refractivity contribution < 1.29 is 28.8 Å². The first kappa shape index (κ1) is 29.2. The van der Waals surface area contributed by atoms with E-state index < -0.39 is 13.5 Å². The molecule has 3 N–H and O–H groups in total. The van der Waals surface area contributed by atoms with Gasteiger partial charge in [0.25, 0.3) is 0 Å². The molecule has 1 fully saturated rings. The summed E-state index contributed by atoms with van der Waals surface area (Å²) in [7, 11) is -3.29. The SMILES string of the molecule is O=P(O)(COc1ccc(CCNC[C@H](O)COc2cccc(OCc3ccccc3)c2)cc1)C1CCCCC1. The first-order valence-electron chi connectivity index (χ1n) is 13.8. The Hall–Kier alpha value is -2.83. The lowest BCUT2D eigenvalue weighted by Crippen LogP contribution is -2.32. The predicted octanol–water partition coefficient (Wildman–Crippen LogP) is 5.78. The maximum Gasteiger partial charge on any atom is 0.239 e. The maximum absolute atomic E-state index is 12.6. The van der Waals surface area contributed by atoms with Crippen LogP contribution in [0.15, 0.2) is 78.9 Å². The summed E-state index contributed by atoms with van der Waals surface area (Å²) in [6.45, 7) is 1.78. The van der Waals surface area contributed by atoms with Crippen LogP contribution in [0.4, 0.5) is 0 Å². The highest BCUT2D eigenvalue weighted by molar-refractivity contribution is 7.58. The van der Waals surface area contributed by atoms with Gasteiger partial charge in [-0.3, -0.25) is 4.57 Å². The summed E-state index contributed by atoms with van der Waals surface area (Å²) in [5.41, 5.74) is 2.09. The molecule has 0 amide bonds. The maximum atomic E-state index is 12.6. The van der Waals surface area contributed by atoms with Crippen LogP contribution in [0.2, 0.25) is 0 Å². The molecule has 1 aliphatic rings. The molecule has 1 saturated carbocycles. The summed E-state index contributed by atoms with van der Waals surface area (Å²) >= 11 is 0. The van der Waals surface area contributed by atoms with Crippen LogP contribution in [-0.4, -0.2) is 47.8 Å². The molecule has 4 rings (SSSR count). The number of hydrogen-bond acceptors (Lipinski definition) is 6. The van der Waals surface area contributed by atoms with E-state index >= 15 is 0 Å². The van der Waals surface area contributed by atoms with Gasteiger partial charge in [0.05, 0.1) is 0 Å².